The van der Waals surface area contributed by atoms with Crippen molar-refractivity contribution in [3.05, 3.63) is 59.7 Å². The van der Waals surface area contributed by atoms with Gasteiger partial charge in [0.25, 0.3) is 0 Å². The van der Waals surface area contributed by atoms with Crippen LogP contribution in [0.3, 0.4) is 0 Å². The molecular weight excluding hydrogens is 408 g/mol. The average Bonchev–Trinajstić information content (AvgIpc) is 3.10. The van der Waals surface area contributed by atoms with Gasteiger partial charge in [0, 0.05) is 12.5 Å². The summed E-state index contributed by atoms with van der Waals surface area (Å²) in [6.45, 7) is 5.27. The van der Waals surface area contributed by atoms with Crippen LogP contribution in [0.15, 0.2) is 48.5 Å². The van der Waals surface area contributed by atoms with E-state index in [1.165, 1.54) is 4.90 Å². The third-order valence-corrected chi connectivity index (χ3v) is 6.01. The van der Waals surface area contributed by atoms with Crippen molar-refractivity contribution in [2.24, 2.45) is 0 Å². The number of carboxylic acid groups (broad SMARTS) is 1. The van der Waals surface area contributed by atoms with Gasteiger partial charge >= 0.3 is 12.1 Å². The van der Waals surface area contributed by atoms with Crippen molar-refractivity contribution >= 4 is 18.0 Å². The zero-order chi connectivity index (χ0) is 23.3. The van der Waals surface area contributed by atoms with Gasteiger partial charge in [-0.25, -0.2) is 4.79 Å². The summed E-state index contributed by atoms with van der Waals surface area (Å²) in [4.78, 5) is 38.2. The molecule has 0 saturated carbocycles. The molecule has 0 heterocycles. The number of hydrogen-bond acceptors (Lipinski definition) is 4. The van der Waals surface area contributed by atoms with Crippen molar-refractivity contribution in [1.29, 1.82) is 0 Å². The van der Waals surface area contributed by atoms with Crippen molar-refractivity contribution in [1.82, 2.24) is 10.2 Å². The second-order valence-corrected chi connectivity index (χ2v) is 8.26. The maximum absolute atomic E-state index is 13.0. The van der Waals surface area contributed by atoms with Gasteiger partial charge < -0.3 is 20.1 Å². The molecule has 0 saturated heterocycles. The average molecular weight is 439 g/mol. The van der Waals surface area contributed by atoms with Crippen molar-refractivity contribution in [2.75, 3.05) is 19.7 Å². The molecule has 1 aliphatic carbocycles. The number of ether oxygens (including phenoxy) is 1. The Morgan fingerprint density at radius 2 is 1.59 bits per heavy atom. The first-order valence-corrected chi connectivity index (χ1v) is 10.9. The van der Waals surface area contributed by atoms with Crippen molar-refractivity contribution in [2.45, 2.75) is 45.1 Å². The van der Waals surface area contributed by atoms with E-state index in [0.29, 0.717) is 19.4 Å². The first kappa shape index (κ1) is 23.3. The summed E-state index contributed by atoms with van der Waals surface area (Å²) < 4.78 is 5.57. The minimum Gasteiger partial charge on any atom is -0.480 e. The van der Waals surface area contributed by atoms with E-state index >= 15 is 0 Å². The molecule has 2 N–H and O–H groups in total. The Morgan fingerprint density at radius 1 is 1.03 bits per heavy atom. The van der Waals surface area contributed by atoms with Gasteiger partial charge in [-0.2, -0.15) is 0 Å². The van der Waals surface area contributed by atoms with Gasteiger partial charge in [0.15, 0.2) is 0 Å². The summed E-state index contributed by atoms with van der Waals surface area (Å²) in [6.07, 6.45) is 0.218. The van der Waals surface area contributed by atoms with Gasteiger partial charge in [-0.1, -0.05) is 62.4 Å². The van der Waals surface area contributed by atoms with Crippen molar-refractivity contribution in [3.63, 3.8) is 0 Å². The fourth-order valence-electron chi connectivity index (χ4n) is 4.19. The molecule has 0 spiro atoms. The third kappa shape index (κ3) is 4.77. The number of benzene rings is 2. The molecule has 2 amide bonds. The molecule has 0 bridgehead atoms. The number of aliphatic carboxylic acids is 1. The number of carboxylic acids is 1. The number of rotatable bonds is 9. The molecule has 0 radical (unpaired) electrons. The highest BCUT2D eigenvalue weighted by molar-refractivity contribution is 5.91. The van der Waals surface area contributed by atoms with E-state index in [2.05, 4.69) is 17.4 Å². The Balaban J connectivity index is 1.71. The molecule has 2 aromatic rings. The van der Waals surface area contributed by atoms with Crippen LogP contribution in [0.1, 0.15) is 50.7 Å². The number of hydrogen-bond donors (Lipinski definition) is 2. The summed E-state index contributed by atoms with van der Waals surface area (Å²) >= 11 is 0. The van der Waals surface area contributed by atoms with Crippen LogP contribution < -0.4 is 5.32 Å². The summed E-state index contributed by atoms with van der Waals surface area (Å²) in [5.74, 6) is -1.61. The topological polar surface area (TPSA) is 95.9 Å². The molecule has 2 aromatic carbocycles. The maximum atomic E-state index is 13.0. The number of carbonyl (C=O) groups excluding carboxylic acids is 2. The second-order valence-electron chi connectivity index (χ2n) is 8.26. The standard InChI is InChI=1S/C25H30N2O5/c1-4-14-27(15-22(28)29)23(30)25(3,5-2)26-24(31)32-16-21-19-12-8-6-10-17(19)18-11-7-9-13-20(18)21/h6-13,21H,4-5,14-16H2,1-3H3,(H,26,31)(H,28,29). The highest BCUT2D eigenvalue weighted by Crippen LogP contribution is 2.44. The fraction of sp³-hybridized carbons (Fsp3) is 0.400. The van der Waals surface area contributed by atoms with Gasteiger partial charge in [0.1, 0.15) is 18.7 Å². The minimum atomic E-state index is -1.26. The van der Waals surface area contributed by atoms with Crippen LogP contribution in [-0.2, 0) is 14.3 Å². The van der Waals surface area contributed by atoms with Crippen LogP contribution in [-0.4, -0.2) is 53.2 Å². The molecule has 1 unspecified atom stereocenters. The van der Waals surface area contributed by atoms with Crippen LogP contribution in [0.4, 0.5) is 4.79 Å². The summed E-state index contributed by atoms with van der Waals surface area (Å²) in [6, 6.07) is 16.1. The summed E-state index contributed by atoms with van der Waals surface area (Å²) in [5.41, 5.74) is 3.22. The van der Waals surface area contributed by atoms with Gasteiger partial charge in [-0.05, 0) is 42.0 Å². The lowest BCUT2D eigenvalue weighted by molar-refractivity contribution is -0.147. The smallest absolute Gasteiger partial charge is 0.408 e. The lowest BCUT2D eigenvalue weighted by Gasteiger charge is -2.33. The number of carbonyl (C=O) groups is 3. The third-order valence-electron chi connectivity index (χ3n) is 6.01. The zero-order valence-electron chi connectivity index (χ0n) is 18.8. The summed E-state index contributed by atoms with van der Waals surface area (Å²) in [5, 5.41) is 11.8. The van der Waals surface area contributed by atoms with E-state index in [-0.39, 0.29) is 12.5 Å². The zero-order valence-corrected chi connectivity index (χ0v) is 18.8. The van der Waals surface area contributed by atoms with E-state index in [1.54, 1.807) is 13.8 Å². The van der Waals surface area contributed by atoms with Gasteiger partial charge in [-0.15, -0.1) is 0 Å². The number of nitrogens with zero attached hydrogens (tertiary/aromatic N) is 1. The fourth-order valence-corrected chi connectivity index (χ4v) is 4.19. The predicted octanol–water partition coefficient (Wildman–Crippen LogP) is 4.02. The van der Waals surface area contributed by atoms with E-state index in [9.17, 15) is 14.4 Å². The van der Waals surface area contributed by atoms with Crippen LogP contribution in [0, 0.1) is 0 Å². The highest BCUT2D eigenvalue weighted by Gasteiger charge is 2.38. The molecule has 7 nitrogen and oxygen atoms in total. The number of amides is 2. The Morgan fingerprint density at radius 3 is 2.09 bits per heavy atom. The van der Waals surface area contributed by atoms with Crippen molar-refractivity contribution < 1.29 is 24.2 Å². The Hall–Kier alpha value is -3.35. The highest BCUT2D eigenvalue weighted by atomic mass is 16.5. The largest absolute Gasteiger partial charge is 0.480 e. The molecule has 0 fully saturated rings. The number of alkyl carbamates (subject to hydrolysis) is 1. The van der Waals surface area contributed by atoms with Crippen molar-refractivity contribution in [3.8, 4) is 11.1 Å². The van der Waals surface area contributed by atoms with Crippen LogP contribution >= 0.6 is 0 Å². The molecule has 3 rings (SSSR count). The second kappa shape index (κ2) is 9.85. The number of nitrogens with one attached hydrogen (secondary N) is 1. The first-order valence-electron chi connectivity index (χ1n) is 10.9. The van der Waals surface area contributed by atoms with Gasteiger partial charge in [0.05, 0.1) is 0 Å². The minimum absolute atomic E-state index is 0.0830. The summed E-state index contributed by atoms with van der Waals surface area (Å²) in [7, 11) is 0. The molecular formula is C25H30N2O5. The quantitative estimate of drug-likeness (QED) is 0.617. The lowest BCUT2D eigenvalue weighted by Crippen LogP contribution is -2.58. The SMILES string of the molecule is CCCN(CC(=O)O)C(=O)C(C)(CC)NC(=O)OCC1c2ccccc2-c2ccccc21. The Kier molecular flexibility index (Phi) is 7.18. The molecule has 0 aliphatic heterocycles. The molecule has 0 aromatic heterocycles. The van der Waals surface area contributed by atoms with Crippen LogP contribution in [0.25, 0.3) is 11.1 Å². The van der Waals surface area contributed by atoms with Gasteiger partial charge in [-0.3, -0.25) is 9.59 Å². The molecule has 170 valence electrons. The van der Waals surface area contributed by atoms with Crippen LogP contribution in [0.5, 0.6) is 0 Å². The molecule has 32 heavy (non-hydrogen) atoms. The van der Waals surface area contributed by atoms with E-state index in [1.807, 2.05) is 43.3 Å². The lowest BCUT2D eigenvalue weighted by atomic mass is 9.96. The molecule has 1 aliphatic rings. The molecule has 7 heteroatoms. The number of fused-ring (bicyclic) bond motifs is 3. The normalized spacial score (nSPS) is 14.1. The van der Waals surface area contributed by atoms with Crippen LogP contribution in [0.2, 0.25) is 0 Å². The maximum Gasteiger partial charge on any atom is 0.408 e. The Bertz CT molecular complexity index is 960. The van der Waals surface area contributed by atoms with E-state index in [0.717, 1.165) is 22.3 Å². The Labute approximate surface area is 188 Å². The van der Waals surface area contributed by atoms with E-state index < -0.39 is 30.1 Å². The van der Waals surface area contributed by atoms with Gasteiger partial charge in [0.2, 0.25) is 5.91 Å². The predicted molar refractivity (Wildman–Crippen MR) is 121 cm³/mol. The molecule has 1 atom stereocenters. The first-order chi connectivity index (χ1) is 15.3. The van der Waals surface area contributed by atoms with E-state index in [4.69, 9.17) is 9.84 Å². The monoisotopic (exact) mass is 438 g/mol.